The van der Waals surface area contributed by atoms with Crippen LogP contribution in [0.25, 0.3) is 5.70 Å². The largest absolute Gasteiger partial charge is 0.496 e. The Balaban J connectivity index is 1.65. The third kappa shape index (κ3) is 3.56. The highest BCUT2D eigenvalue weighted by molar-refractivity contribution is 8.19. The first-order valence-corrected chi connectivity index (χ1v) is 10.8. The van der Waals surface area contributed by atoms with E-state index in [1.807, 2.05) is 73.5 Å². The fourth-order valence-corrected chi connectivity index (χ4v) is 5.63. The van der Waals surface area contributed by atoms with Crippen molar-refractivity contribution in [3.05, 3.63) is 80.6 Å². The number of hydrogen-bond acceptors (Lipinski definition) is 6. The molecule has 2 aromatic carbocycles. The van der Waals surface area contributed by atoms with Crippen LogP contribution in [0.1, 0.15) is 18.1 Å². The maximum Gasteiger partial charge on any atom is 0.269 e. The molecule has 2 aliphatic rings. The fraction of sp³-hybridized carbons (Fsp3) is 0.182. The van der Waals surface area contributed by atoms with Gasteiger partial charge in [-0.05, 0) is 36.4 Å². The Morgan fingerprint density at radius 1 is 1.03 bits per heavy atom. The molecule has 1 saturated heterocycles. The lowest BCUT2D eigenvalue weighted by molar-refractivity contribution is -0.122. The molecule has 148 valence electrons. The number of thioether (sulfide) groups is 2. The van der Waals surface area contributed by atoms with Crippen molar-refractivity contribution in [2.24, 2.45) is 0 Å². The van der Waals surface area contributed by atoms with E-state index in [1.165, 1.54) is 16.7 Å². The molecule has 0 saturated carbocycles. The number of para-hydroxylation sites is 1. The minimum absolute atomic E-state index is 0.118. The SMILES string of the molecule is COc1ccccc1C1=C(C)S/C(=C2\SC(=N)N(Cc3ccccc3)C2=O)N1C. The van der Waals surface area contributed by atoms with Crippen molar-refractivity contribution in [2.45, 2.75) is 13.5 Å². The van der Waals surface area contributed by atoms with Crippen LogP contribution in [0.5, 0.6) is 5.75 Å². The molecular weight excluding hydrogens is 402 g/mol. The first kappa shape index (κ1) is 19.7. The number of methoxy groups -OCH3 is 1. The zero-order valence-electron chi connectivity index (χ0n) is 16.4. The van der Waals surface area contributed by atoms with Gasteiger partial charge in [-0.1, -0.05) is 54.2 Å². The lowest BCUT2D eigenvalue weighted by Gasteiger charge is -2.20. The molecule has 4 rings (SSSR count). The summed E-state index contributed by atoms with van der Waals surface area (Å²) in [5, 5.41) is 9.47. The number of rotatable bonds is 4. The Labute approximate surface area is 178 Å². The van der Waals surface area contributed by atoms with Crippen molar-refractivity contribution in [3.63, 3.8) is 0 Å². The average molecular weight is 424 g/mol. The lowest BCUT2D eigenvalue weighted by Crippen LogP contribution is -2.28. The normalized spacial score (nSPS) is 19.6. The van der Waals surface area contributed by atoms with Crippen LogP contribution in [0.4, 0.5) is 0 Å². The molecule has 0 aliphatic carbocycles. The molecule has 2 aromatic rings. The number of ether oxygens (including phenoxy) is 1. The molecule has 0 spiro atoms. The zero-order chi connectivity index (χ0) is 20.5. The van der Waals surface area contributed by atoms with Gasteiger partial charge in [0, 0.05) is 17.5 Å². The number of hydrogen-bond donors (Lipinski definition) is 1. The third-order valence-electron chi connectivity index (χ3n) is 4.85. The van der Waals surface area contributed by atoms with E-state index in [-0.39, 0.29) is 11.1 Å². The van der Waals surface area contributed by atoms with E-state index in [0.717, 1.165) is 32.5 Å². The van der Waals surface area contributed by atoms with Gasteiger partial charge >= 0.3 is 0 Å². The molecule has 0 radical (unpaired) electrons. The standard InChI is InChI=1S/C22H21N3O2S2/c1-14-18(16-11-7-8-12-17(16)27-3)24(2)21(28-14)19-20(26)25(22(23)29-19)13-15-9-5-4-6-10-15/h4-12,23H,13H2,1-3H3/b21-19-,23-22?. The topological polar surface area (TPSA) is 56.6 Å². The van der Waals surface area contributed by atoms with E-state index in [2.05, 4.69) is 0 Å². The summed E-state index contributed by atoms with van der Waals surface area (Å²) in [7, 11) is 3.63. The van der Waals surface area contributed by atoms with Crippen LogP contribution >= 0.6 is 23.5 Å². The van der Waals surface area contributed by atoms with Crippen LogP contribution in [0.3, 0.4) is 0 Å². The molecule has 0 bridgehead atoms. The summed E-state index contributed by atoms with van der Waals surface area (Å²) in [4.78, 5) is 18.4. The summed E-state index contributed by atoms with van der Waals surface area (Å²) >= 11 is 2.80. The second-order valence-electron chi connectivity index (χ2n) is 6.68. The molecule has 5 nitrogen and oxygen atoms in total. The van der Waals surface area contributed by atoms with Gasteiger partial charge in [0.2, 0.25) is 0 Å². The van der Waals surface area contributed by atoms with Gasteiger partial charge in [-0.3, -0.25) is 15.1 Å². The Morgan fingerprint density at radius 3 is 2.45 bits per heavy atom. The summed E-state index contributed by atoms with van der Waals surface area (Å²) in [6.07, 6.45) is 0. The number of carbonyl (C=O) groups is 1. The quantitative estimate of drug-likeness (QED) is 0.706. The monoisotopic (exact) mass is 423 g/mol. The van der Waals surface area contributed by atoms with Crippen molar-refractivity contribution in [1.29, 1.82) is 5.41 Å². The van der Waals surface area contributed by atoms with E-state index in [4.69, 9.17) is 10.1 Å². The van der Waals surface area contributed by atoms with Crippen LogP contribution in [0, 0.1) is 5.41 Å². The maximum absolute atomic E-state index is 13.1. The first-order chi connectivity index (χ1) is 14.0. The highest BCUT2D eigenvalue weighted by Crippen LogP contribution is 2.50. The van der Waals surface area contributed by atoms with Crippen molar-refractivity contribution in [1.82, 2.24) is 9.80 Å². The number of amides is 1. The molecule has 0 atom stereocenters. The molecule has 1 N–H and O–H groups in total. The van der Waals surface area contributed by atoms with Gasteiger partial charge in [-0.25, -0.2) is 0 Å². The van der Waals surface area contributed by atoms with Gasteiger partial charge in [0.1, 0.15) is 10.7 Å². The highest BCUT2D eigenvalue weighted by atomic mass is 32.2. The van der Waals surface area contributed by atoms with Gasteiger partial charge in [0.25, 0.3) is 5.91 Å². The first-order valence-electron chi connectivity index (χ1n) is 9.13. The number of amidine groups is 1. The van der Waals surface area contributed by atoms with Gasteiger partial charge < -0.3 is 9.64 Å². The van der Waals surface area contributed by atoms with E-state index >= 15 is 0 Å². The molecular formula is C22H21N3O2S2. The van der Waals surface area contributed by atoms with E-state index in [9.17, 15) is 4.79 Å². The third-order valence-corrected chi connectivity index (χ3v) is 7.13. The number of benzene rings is 2. The highest BCUT2D eigenvalue weighted by Gasteiger charge is 2.39. The van der Waals surface area contributed by atoms with E-state index in [0.29, 0.717) is 11.4 Å². The van der Waals surface area contributed by atoms with E-state index < -0.39 is 0 Å². The number of nitrogens with one attached hydrogen (secondary N) is 1. The zero-order valence-corrected chi connectivity index (χ0v) is 18.1. The molecule has 0 unspecified atom stereocenters. The summed E-state index contributed by atoms with van der Waals surface area (Å²) in [6.45, 7) is 2.45. The van der Waals surface area contributed by atoms with Crippen molar-refractivity contribution < 1.29 is 9.53 Å². The molecule has 1 fully saturated rings. The van der Waals surface area contributed by atoms with Crippen LogP contribution < -0.4 is 4.74 Å². The Hall–Kier alpha value is -2.64. The minimum Gasteiger partial charge on any atom is -0.496 e. The molecule has 1 amide bonds. The molecule has 2 heterocycles. The molecule has 7 heteroatoms. The van der Waals surface area contributed by atoms with Crippen LogP contribution in [-0.4, -0.2) is 35.0 Å². The second-order valence-corrected chi connectivity index (χ2v) is 8.89. The Bertz CT molecular complexity index is 1050. The summed E-state index contributed by atoms with van der Waals surface area (Å²) < 4.78 is 5.54. The number of nitrogens with zero attached hydrogens (tertiary/aromatic N) is 2. The smallest absolute Gasteiger partial charge is 0.269 e. The Morgan fingerprint density at radius 2 is 1.72 bits per heavy atom. The number of carbonyl (C=O) groups excluding carboxylic acids is 1. The average Bonchev–Trinajstić information content (AvgIpc) is 3.18. The minimum atomic E-state index is -0.118. The Kier molecular flexibility index (Phi) is 5.43. The van der Waals surface area contributed by atoms with Crippen molar-refractivity contribution >= 4 is 40.3 Å². The summed E-state index contributed by atoms with van der Waals surface area (Å²) in [6, 6.07) is 17.7. The van der Waals surface area contributed by atoms with Gasteiger partial charge in [-0.2, -0.15) is 0 Å². The fourth-order valence-electron chi connectivity index (χ4n) is 3.46. The predicted octanol–water partition coefficient (Wildman–Crippen LogP) is 4.94. The van der Waals surface area contributed by atoms with Crippen molar-refractivity contribution in [2.75, 3.05) is 14.2 Å². The predicted molar refractivity (Wildman–Crippen MR) is 120 cm³/mol. The van der Waals surface area contributed by atoms with Crippen molar-refractivity contribution in [3.8, 4) is 5.75 Å². The summed E-state index contributed by atoms with van der Waals surface area (Å²) in [5.41, 5.74) is 3.02. The van der Waals surface area contributed by atoms with Crippen LogP contribution in [-0.2, 0) is 11.3 Å². The molecule has 29 heavy (non-hydrogen) atoms. The summed E-state index contributed by atoms with van der Waals surface area (Å²) in [5.74, 6) is 0.677. The molecule has 2 aliphatic heterocycles. The van der Waals surface area contributed by atoms with Crippen LogP contribution in [0.15, 0.2) is 69.4 Å². The van der Waals surface area contributed by atoms with Gasteiger partial charge in [0.15, 0.2) is 5.17 Å². The van der Waals surface area contributed by atoms with E-state index in [1.54, 1.807) is 18.9 Å². The second kappa shape index (κ2) is 8.00. The number of allylic oxidation sites excluding steroid dienone is 1. The van der Waals surface area contributed by atoms with Gasteiger partial charge in [0.05, 0.1) is 24.4 Å². The van der Waals surface area contributed by atoms with Gasteiger partial charge in [-0.15, -0.1) is 0 Å². The molecule has 0 aromatic heterocycles. The van der Waals surface area contributed by atoms with Crippen LogP contribution in [0.2, 0.25) is 0 Å². The maximum atomic E-state index is 13.1. The lowest BCUT2D eigenvalue weighted by atomic mass is 10.1.